The van der Waals surface area contributed by atoms with Crippen LogP contribution in [0.5, 0.6) is 0 Å². The molecule has 30 heavy (non-hydrogen) atoms. The van der Waals surface area contributed by atoms with Crippen molar-refractivity contribution in [3.8, 4) is 0 Å². The van der Waals surface area contributed by atoms with Gasteiger partial charge in [-0.15, -0.1) is 0 Å². The van der Waals surface area contributed by atoms with Gasteiger partial charge in [-0.1, -0.05) is 19.1 Å². The van der Waals surface area contributed by atoms with Crippen LogP contribution in [0.25, 0.3) is 0 Å². The standard InChI is InChI=1S/C21H23N3O6/c1-2-15-3-6-17(7-4-15)22-20(25)14-30-21(26)16-5-8-18(19(13-16)24(27)28)23-9-11-29-12-10-23/h3-8,13H,2,9-12,14H2,1H3,(H,22,25). The highest BCUT2D eigenvalue weighted by atomic mass is 16.6. The zero-order valence-corrected chi connectivity index (χ0v) is 16.6. The summed E-state index contributed by atoms with van der Waals surface area (Å²) in [6, 6.07) is 11.5. The number of benzene rings is 2. The lowest BCUT2D eigenvalue weighted by atomic mass is 10.1. The maximum Gasteiger partial charge on any atom is 0.338 e. The second kappa shape index (κ2) is 9.84. The normalized spacial score (nSPS) is 13.6. The highest BCUT2D eigenvalue weighted by molar-refractivity contribution is 5.96. The average Bonchev–Trinajstić information content (AvgIpc) is 2.78. The van der Waals surface area contributed by atoms with E-state index in [0.29, 0.717) is 37.7 Å². The molecule has 1 heterocycles. The number of nitro groups is 1. The zero-order valence-electron chi connectivity index (χ0n) is 16.6. The molecule has 2 aromatic carbocycles. The predicted octanol–water partition coefficient (Wildman–Crippen LogP) is 2.79. The fourth-order valence-corrected chi connectivity index (χ4v) is 3.10. The monoisotopic (exact) mass is 413 g/mol. The van der Waals surface area contributed by atoms with Gasteiger partial charge in [0, 0.05) is 24.8 Å². The molecule has 1 aliphatic rings. The van der Waals surface area contributed by atoms with Gasteiger partial charge >= 0.3 is 5.97 Å². The summed E-state index contributed by atoms with van der Waals surface area (Å²) in [5.74, 6) is -1.30. The number of nitro benzene ring substituents is 1. The summed E-state index contributed by atoms with van der Waals surface area (Å²) in [6.07, 6.45) is 0.891. The zero-order chi connectivity index (χ0) is 21.5. The molecule has 1 fully saturated rings. The Bertz CT molecular complexity index is 923. The van der Waals surface area contributed by atoms with E-state index in [-0.39, 0.29) is 11.3 Å². The molecule has 1 amide bonds. The van der Waals surface area contributed by atoms with Crippen LogP contribution in [0, 0.1) is 10.1 Å². The molecule has 1 N–H and O–H groups in total. The fourth-order valence-electron chi connectivity index (χ4n) is 3.10. The van der Waals surface area contributed by atoms with Crippen LogP contribution in [-0.4, -0.2) is 49.7 Å². The van der Waals surface area contributed by atoms with Gasteiger partial charge in [0.15, 0.2) is 6.61 Å². The van der Waals surface area contributed by atoms with Crippen LogP contribution in [0.3, 0.4) is 0 Å². The Morgan fingerprint density at radius 2 is 1.87 bits per heavy atom. The number of nitrogens with one attached hydrogen (secondary N) is 1. The van der Waals surface area contributed by atoms with E-state index in [9.17, 15) is 19.7 Å². The molecule has 9 heteroatoms. The Labute approximate surface area is 173 Å². The van der Waals surface area contributed by atoms with E-state index < -0.39 is 23.4 Å². The molecule has 0 bridgehead atoms. The van der Waals surface area contributed by atoms with Gasteiger partial charge in [0.1, 0.15) is 5.69 Å². The SMILES string of the molecule is CCc1ccc(NC(=O)COC(=O)c2ccc(N3CCOCC3)c([N+](=O)[O-])c2)cc1. The van der Waals surface area contributed by atoms with Crippen LogP contribution in [0.15, 0.2) is 42.5 Å². The van der Waals surface area contributed by atoms with Crippen LogP contribution in [0.4, 0.5) is 17.1 Å². The van der Waals surface area contributed by atoms with Gasteiger partial charge in [0.25, 0.3) is 11.6 Å². The van der Waals surface area contributed by atoms with Crippen molar-refractivity contribution in [3.63, 3.8) is 0 Å². The topological polar surface area (TPSA) is 111 Å². The van der Waals surface area contributed by atoms with E-state index >= 15 is 0 Å². The Morgan fingerprint density at radius 3 is 2.50 bits per heavy atom. The van der Waals surface area contributed by atoms with Gasteiger partial charge in [0.05, 0.1) is 23.7 Å². The molecular formula is C21H23N3O6. The maximum atomic E-state index is 12.3. The van der Waals surface area contributed by atoms with Gasteiger partial charge in [-0.3, -0.25) is 14.9 Å². The third kappa shape index (κ3) is 5.32. The summed E-state index contributed by atoms with van der Waals surface area (Å²) in [6.45, 7) is 3.57. The number of esters is 1. The lowest BCUT2D eigenvalue weighted by Gasteiger charge is -2.28. The molecule has 0 saturated carbocycles. The first-order valence-electron chi connectivity index (χ1n) is 9.65. The summed E-state index contributed by atoms with van der Waals surface area (Å²) in [5.41, 5.74) is 1.99. The van der Waals surface area contributed by atoms with Crippen molar-refractivity contribution >= 4 is 28.9 Å². The van der Waals surface area contributed by atoms with E-state index in [2.05, 4.69) is 5.32 Å². The van der Waals surface area contributed by atoms with Gasteiger partial charge in [-0.2, -0.15) is 0 Å². The Balaban J connectivity index is 1.62. The van der Waals surface area contributed by atoms with Crippen molar-refractivity contribution in [1.29, 1.82) is 0 Å². The van der Waals surface area contributed by atoms with Gasteiger partial charge < -0.3 is 19.7 Å². The number of ether oxygens (including phenoxy) is 2. The van der Waals surface area contributed by atoms with Crippen molar-refractivity contribution in [2.24, 2.45) is 0 Å². The first kappa shape index (κ1) is 21.3. The molecule has 1 aliphatic heterocycles. The molecule has 0 radical (unpaired) electrons. The number of morpholine rings is 1. The van der Waals surface area contributed by atoms with Crippen LogP contribution in [0.1, 0.15) is 22.8 Å². The van der Waals surface area contributed by atoms with Crippen LogP contribution >= 0.6 is 0 Å². The molecule has 0 atom stereocenters. The fraction of sp³-hybridized carbons (Fsp3) is 0.333. The number of nitrogens with zero attached hydrogens (tertiary/aromatic N) is 2. The number of carbonyl (C=O) groups is 2. The minimum atomic E-state index is -0.803. The quantitative estimate of drug-likeness (QED) is 0.422. The number of carbonyl (C=O) groups excluding carboxylic acids is 2. The van der Waals surface area contributed by atoms with E-state index in [0.717, 1.165) is 12.0 Å². The lowest BCUT2D eigenvalue weighted by molar-refractivity contribution is -0.384. The average molecular weight is 413 g/mol. The van der Waals surface area contributed by atoms with Crippen LogP contribution in [-0.2, 0) is 20.7 Å². The third-order valence-corrected chi connectivity index (χ3v) is 4.74. The van der Waals surface area contributed by atoms with Gasteiger partial charge in [0.2, 0.25) is 0 Å². The van der Waals surface area contributed by atoms with Crippen molar-refractivity contribution in [2.75, 3.05) is 43.1 Å². The lowest BCUT2D eigenvalue weighted by Crippen LogP contribution is -2.36. The van der Waals surface area contributed by atoms with Crippen LogP contribution < -0.4 is 10.2 Å². The predicted molar refractivity (Wildman–Crippen MR) is 111 cm³/mol. The highest BCUT2D eigenvalue weighted by Gasteiger charge is 2.24. The number of aryl methyl sites for hydroxylation is 1. The van der Waals surface area contributed by atoms with Crippen molar-refractivity contribution < 1.29 is 24.0 Å². The van der Waals surface area contributed by atoms with E-state index in [1.807, 2.05) is 24.0 Å². The summed E-state index contributed by atoms with van der Waals surface area (Å²) >= 11 is 0. The van der Waals surface area contributed by atoms with Crippen LogP contribution in [0.2, 0.25) is 0 Å². The van der Waals surface area contributed by atoms with Crippen molar-refractivity contribution in [2.45, 2.75) is 13.3 Å². The Morgan fingerprint density at radius 1 is 1.17 bits per heavy atom. The number of rotatable bonds is 7. The summed E-state index contributed by atoms with van der Waals surface area (Å²) in [4.78, 5) is 37.1. The molecule has 1 saturated heterocycles. The molecule has 2 aromatic rings. The first-order valence-corrected chi connectivity index (χ1v) is 9.65. The smallest absolute Gasteiger partial charge is 0.338 e. The minimum Gasteiger partial charge on any atom is -0.452 e. The molecule has 0 aliphatic carbocycles. The molecule has 9 nitrogen and oxygen atoms in total. The molecular weight excluding hydrogens is 390 g/mol. The number of amides is 1. The summed E-state index contributed by atoms with van der Waals surface area (Å²) in [5, 5.41) is 14.1. The van der Waals surface area contributed by atoms with Gasteiger partial charge in [-0.25, -0.2) is 4.79 Å². The summed E-state index contributed by atoms with van der Waals surface area (Å²) in [7, 11) is 0. The second-order valence-corrected chi connectivity index (χ2v) is 6.73. The highest BCUT2D eigenvalue weighted by Crippen LogP contribution is 2.30. The molecule has 3 rings (SSSR count). The molecule has 158 valence electrons. The van der Waals surface area contributed by atoms with Gasteiger partial charge in [-0.05, 0) is 36.2 Å². The molecule has 0 aromatic heterocycles. The molecule has 0 unspecified atom stereocenters. The van der Waals surface area contributed by atoms with E-state index in [1.54, 1.807) is 12.1 Å². The largest absolute Gasteiger partial charge is 0.452 e. The van der Waals surface area contributed by atoms with E-state index in [4.69, 9.17) is 9.47 Å². The number of anilines is 2. The van der Waals surface area contributed by atoms with Crippen molar-refractivity contribution in [1.82, 2.24) is 0 Å². The summed E-state index contributed by atoms with van der Waals surface area (Å²) < 4.78 is 10.3. The minimum absolute atomic E-state index is 0.0128. The third-order valence-electron chi connectivity index (χ3n) is 4.74. The first-order chi connectivity index (χ1) is 14.5. The second-order valence-electron chi connectivity index (χ2n) is 6.73. The van der Waals surface area contributed by atoms with E-state index in [1.165, 1.54) is 18.2 Å². The maximum absolute atomic E-state index is 12.3. The number of hydrogen-bond acceptors (Lipinski definition) is 7. The van der Waals surface area contributed by atoms with Crippen molar-refractivity contribution in [3.05, 3.63) is 63.7 Å². The number of hydrogen-bond donors (Lipinski definition) is 1. The molecule has 0 spiro atoms. The Hall–Kier alpha value is -3.46. The Kier molecular flexibility index (Phi) is 6.97.